The van der Waals surface area contributed by atoms with Gasteiger partial charge in [0.2, 0.25) is 5.91 Å². The Hall–Kier alpha value is -1.10. The van der Waals surface area contributed by atoms with Gasteiger partial charge in [0.1, 0.15) is 0 Å². The minimum atomic E-state index is -0.811. The molecule has 1 fully saturated rings. The summed E-state index contributed by atoms with van der Waals surface area (Å²) in [6, 6.07) is -0.224. The van der Waals surface area contributed by atoms with E-state index >= 15 is 0 Å². The van der Waals surface area contributed by atoms with E-state index in [1.165, 1.54) is 0 Å². The highest BCUT2D eigenvalue weighted by Gasteiger charge is 2.36. The van der Waals surface area contributed by atoms with Crippen LogP contribution in [0.4, 0.5) is 0 Å². The van der Waals surface area contributed by atoms with E-state index in [9.17, 15) is 9.59 Å². The van der Waals surface area contributed by atoms with Crippen LogP contribution in [-0.2, 0) is 9.59 Å². The number of carbonyl (C=O) groups is 2. The molecule has 1 amide bonds. The number of carbonyl (C=O) groups excluding carboxylic acids is 1. The highest BCUT2D eigenvalue weighted by Crippen LogP contribution is 2.26. The Morgan fingerprint density at radius 1 is 1.35 bits per heavy atom. The summed E-state index contributed by atoms with van der Waals surface area (Å²) in [7, 11) is 0. The average Bonchev–Trinajstić information content (AvgIpc) is 2.65. The molecular formula is C12H22N2O3. The van der Waals surface area contributed by atoms with Crippen molar-refractivity contribution in [2.75, 3.05) is 6.54 Å². The van der Waals surface area contributed by atoms with Crippen molar-refractivity contribution in [3.8, 4) is 0 Å². The topological polar surface area (TPSA) is 78.4 Å². The van der Waals surface area contributed by atoms with Gasteiger partial charge in [0, 0.05) is 6.04 Å². The molecule has 0 radical (unpaired) electrons. The van der Waals surface area contributed by atoms with Gasteiger partial charge in [-0.25, -0.2) is 0 Å². The second-order valence-electron chi connectivity index (χ2n) is 5.11. The maximum Gasteiger partial charge on any atom is 0.308 e. The summed E-state index contributed by atoms with van der Waals surface area (Å²) in [4.78, 5) is 23.0. The zero-order chi connectivity index (χ0) is 13.1. The predicted molar refractivity (Wildman–Crippen MR) is 64.7 cm³/mol. The molecule has 98 valence electrons. The van der Waals surface area contributed by atoms with Crippen LogP contribution in [0.3, 0.4) is 0 Å². The number of nitrogens with one attached hydrogen (secondary N) is 2. The Kier molecular flexibility index (Phi) is 4.51. The molecule has 1 saturated carbocycles. The van der Waals surface area contributed by atoms with E-state index in [0.29, 0.717) is 13.0 Å². The van der Waals surface area contributed by atoms with Gasteiger partial charge in [-0.15, -0.1) is 0 Å². The second-order valence-corrected chi connectivity index (χ2v) is 5.11. The van der Waals surface area contributed by atoms with Crippen molar-refractivity contribution in [1.82, 2.24) is 10.6 Å². The lowest BCUT2D eigenvalue weighted by molar-refractivity contribution is -0.142. The average molecular weight is 242 g/mol. The molecule has 0 bridgehead atoms. The lowest BCUT2D eigenvalue weighted by atomic mass is 10.00. The number of hydrogen-bond donors (Lipinski definition) is 3. The standard InChI is InChI=1S/C12H22N2O3/c1-4-13-12(2,3)11(17)14-9-7-5-6-8(9)10(15)16/h8-9,13H,4-7H2,1-3H3,(H,14,17)(H,15,16). The van der Waals surface area contributed by atoms with Gasteiger partial charge in [-0.3, -0.25) is 9.59 Å². The number of amides is 1. The molecule has 1 rings (SSSR count). The molecule has 0 heterocycles. The molecule has 0 aliphatic heterocycles. The molecule has 5 heteroatoms. The zero-order valence-electron chi connectivity index (χ0n) is 10.7. The highest BCUT2D eigenvalue weighted by molar-refractivity contribution is 5.86. The van der Waals surface area contributed by atoms with Gasteiger partial charge in [0.05, 0.1) is 11.5 Å². The van der Waals surface area contributed by atoms with Crippen molar-refractivity contribution >= 4 is 11.9 Å². The normalized spacial score (nSPS) is 24.6. The van der Waals surface area contributed by atoms with Gasteiger partial charge < -0.3 is 15.7 Å². The van der Waals surface area contributed by atoms with E-state index in [1.807, 2.05) is 6.92 Å². The Morgan fingerprint density at radius 3 is 2.53 bits per heavy atom. The van der Waals surface area contributed by atoms with Gasteiger partial charge in [-0.1, -0.05) is 13.3 Å². The molecule has 0 aromatic carbocycles. The molecule has 0 spiro atoms. The first kappa shape index (κ1) is 14.0. The van der Waals surface area contributed by atoms with Gasteiger partial charge in [0.15, 0.2) is 0 Å². The van der Waals surface area contributed by atoms with Crippen LogP contribution in [0.5, 0.6) is 0 Å². The monoisotopic (exact) mass is 242 g/mol. The van der Waals surface area contributed by atoms with Crippen molar-refractivity contribution < 1.29 is 14.7 Å². The summed E-state index contributed by atoms with van der Waals surface area (Å²) >= 11 is 0. The molecule has 0 aromatic rings. The van der Waals surface area contributed by atoms with Gasteiger partial charge in [0.25, 0.3) is 0 Å². The first-order valence-corrected chi connectivity index (χ1v) is 6.17. The molecule has 2 atom stereocenters. The molecule has 0 saturated heterocycles. The van der Waals surface area contributed by atoms with E-state index in [4.69, 9.17) is 5.11 Å². The van der Waals surface area contributed by atoms with Crippen LogP contribution in [-0.4, -0.2) is 35.1 Å². The van der Waals surface area contributed by atoms with Crippen LogP contribution in [0.15, 0.2) is 0 Å². The fourth-order valence-electron chi connectivity index (χ4n) is 2.30. The number of carboxylic acids is 1. The lowest BCUT2D eigenvalue weighted by Gasteiger charge is -2.27. The van der Waals surface area contributed by atoms with Gasteiger partial charge >= 0.3 is 5.97 Å². The van der Waals surface area contributed by atoms with Crippen LogP contribution >= 0.6 is 0 Å². The third kappa shape index (κ3) is 3.43. The third-order valence-corrected chi connectivity index (χ3v) is 3.34. The van der Waals surface area contributed by atoms with Gasteiger partial charge in [-0.2, -0.15) is 0 Å². The van der Waals surface area contributed by atoms with E-state index in [0.717, 1.165) is 12.8 Å². The molecule has 17 heavy (non-hydrogen) atoms. The van der Waals surface area contributed by atoms with Crippen molar-refractivity contribution in [1.29, 1.82) is 0 Å². The Bertz CT molecular complexity index is 302. The van der Waals surface area contributed by atoms with Crippen molar-refractivity contribution in [2.45, 2.75) is 51.6 Å². The summed E-state index contributed by atoms with van der Waals surface area (Å²) in [5.74, 6) is -1.37. The van der Waals surface area contributed by atoms with E-state index < -0.39 is 17.4 Å². The second kappa shape index (κ2) is 5.49. The number of aliphatic carboxylic acids is 1. The van der Waals surface area contributed by atoms with E-state index in [-0.39, 0.29) is 11.9 Å². The Balaban J connectivity index is 2.59. The molecule has 0 aromatic heterocycles. The summed E-state index contributed by atoms with van der Waals surface area (Å²) in [5.41, 5.74) is -0.652. The molecule has 2 unspecified atom stereocenters. The van der Waals surface area contributed by atoms with E-state index in [2.05, 4.69) is 10.6 Å². The molecule has 1 aliphatic rings. The van der Waals surface area contributed by atoms with Crippen LogP contribution in [0, 0.1) is 5.92 Å². The lowest BCUT2D eigenvalue weighted by Crippen LogP contribution is -2.55. The quantitative estimate of drug-likeness (QED) is 0.664. The maximum absolute atomic E-state index is 12.0. The van der Waals surface area contributed by atoms with Crippen molar-refractivity contribution in [2.24, 2.45) is 5.92 Å². The van der Waals surface area contributed by atoms with Crippen LogP contribution < -0.4 is 10.6 Å². The van der Waals surface area contributed by atoms with Crippen molar-refractivity contribution in [3.63, 3.8) is 0 Å². The number of rotatable bonds is 5. The van der Waals surface area contributed by atoms with Crippen LogP contribution in [0.2, 0.25) is 0 Å². The third-order valence-electron chi connectivity index (χ3n) is 3.34. The summed E-state index contributed by atoms with van der Waals surface area (Å²) < 4.78 is 0. The molecule has 1 aliphatic carbocycles. The van der Waals surface area contributed by atoms with E-state index in [1.54, 1.807) is 13.8 Å². The largest absolute Gasteiger partial charge is 0.481 e. The van der Waals surface area contributed by atoms with Crippen LogP contribution in [0.1, 0.15) is 40.0 Å². The highest BCUT2D eigenvalue weighted by atomic mass is 16.4. The summed E-state index contributed by atoms with van der Waals surface area (Å²) in [5, 5.41) is 15.0. The summed E-state index contributed by atoms with van der Waals surface area (Å²) in [6.07, 6.45) is 2.27. The first-order valence-electron chi connectivity index (χ1n) is 6.17. The fraction of sp³-hybridized carbons (Fsp3) is 0.833. The zero-order valence-corrected chi connectivity index (χ0v) is 10.7. The van der Waals surface area contributed by atoms with Crippen molar-refractivity contribution in [3.05, 3.63) is 0 Å². The smallest absolute Gasteiger partial charge is 0.308 e. The molecule has 5 nitrogen and oxygen atoms in total. The minimum Gasteiger partial charge on any atom is -0.481 e. The summed E-state index contributed by atoms with van der Waals surface area (Å²) in [6.45, 7) is 6.24. The van der Waals surface area contributed by atoms with Crippen LogP contribution in [0.25, 0.3) is 0 Å². The first-order chi connectivity index (χ1) is 7.88. The fourth-order valence-corrected chi connectivity index (χ4v) is 2.30. The SMILES string of the molecule is CCNC(C)(C)C(=O)NC1CCCC1C(=O)O. The number of likely N-dealkylation sites (N-methyl/N-ethyl adjacent to an activating group) is 1. The Morgan fingerprint density at radius 2 is 2.00 bits per heavy atom. The maximum atomic E-state index is 12.0. The van der Waals surface area contributed by atoms with Gasteiger partial charge in [-0.05, 0) is 33.2 Å². The minimum absolute atomic E-state index is 0.127. The number of hydrogen-bond acceptors (Lipinski definition) is 3. The molecular weight excluding hydrogens is 220 g/mol. The Labute approximate surface area is 102 Å². The predicted octanol–water partition coefficient (Wildman–Crippen LogP) is 0.744. The molecule has 3 N–H and O–H groups in total. The number of carboxylic acid groups (broad SMARTS) is 1.